The van der Waals surface area contributed by atoms with Crippen molar-refractivity contribution in [3.8, 4) is 0 Å². The Labute approximate surface area is 119 Å². The van der Waals surface area contributed by atoms with Crippen molar-refractivity contribution in [2.24, 2.45) is 0 Å². The Kier molecular flexibility index (Phi) is 5.62. The van der Waals surface area contributed by atoms with Crippen LogP contribution in [0.3, 0.4) is 0 Å². The first-order chi connectivity index (χ1) is 9.78. The highest BCUT2D eigenvalue weighted by Gasteiger charge is 2.15. The van der Waals surface area contributed by atoms with E-state index in [1.807, 2.05) is 36.4 Å². The summed E-state index contributed by atoms with van der Waals surface area (Å²) in [5.74, 6) is 0. The van der Waals surface area contributed by atoms with Crippen LogP contribution >= 0.6 is 0 Å². The fourth-order valence-corrected chi connectivity index (χ4v) is 2.39. The van der Waals surface area contributed by atoms with E-state index >= 15 is 0 Å². The van der Waals surface area contributed by atoms with Crippen molar-refractivity contribution in [2.75, 3.05) is 6.61 Å². The highest BCUT2D eigenvalue weighted by atomic mass is 16.3. The Bertz CT molecular complexity index is 445. The number of carbonyl (C=O) groups excluding carboxylic acids is 1. The summed E-state index contributed by atoms with van der Waals surface area (Å²) in [7, 11) is 0. The number of benzene rings is 1. The normalized spacial score (nSPS) is 19.4. The van der Waals surface area contributed by atoms with E-state index < -0.39 is 0 Å². The van der Waals surface area contributed by atoms with Gasteiger partial charge in [0.1, 0.15) is 0 Å². The first-order valence-corrected chi connectivity index (χ1v) is 7.16. The van der Waals surface area contributed by atoms with Crippen molar-refractivity contribution >= 4 is 6.03 Å². The predicted octanol–water partition coefficient (Wildman–Crippen LogP) is 2.00. The third kappa shape index (κ3) is 4.70. The Morgan fingerprint density at radius 2 is 2.15 bits per heavy atom. The minimum absolute atomic E-state index is 0.0666. The number of hydrogen-bond donors (Lipinski definition) is 3. The molecule has 2 rings (SSSR count). The van der Waals surface area contributed by atoms with Crippen molar-refractivity contribution < 1.29 is 9.90 Å². The molecule has 0 heterocycles. The molecule has 2 atom stereocenters. The number of allylic oxidation sites excluding steroid dienone is 1. The fraction of sp³-hybridized carbons (Fsp3) is 0.438. The topological polar surface area (TPSA) is 61.4 Å². The van der Waals surface area contributed by atoms with Crippen molar-refractivity contribution in [2.45, 2.75) is 37.8 Å². The number of rotatable bonds is 5. The standard InChI is InChI=1S/C16H22N2O2/c19-12-15(11-13-7-3-1-4-8-13)18-16(20)17-14-9-5-2-6-10-14/h1,3-5,7-9,14-15,19H,2,6,10-12H2,(H2,17,18,20)/t14-,15-/m0/s1. The van der Waals surface area contributed by atoms with E-state index in [9.17, 15) is 9.90 Å². The second kappa shape index (κ2) is 7.70. The van der Waals surface area contributed by atoms with E-state index in [-0.39, 0.29) is 24.7 Å². The van der Waals surface area contributed by atoms with Gasteiger partial charge in [0.05, 0.1) is 12.6 Å². The van der Waals surface area contributed by atoms with Gasteiger partial charge >= 0.3 is 6.03 Å². The van der Waals surface area contributed by atoms with Gasteiger partial charge in [-0.1, -0.05) is 42.5 Å². The lowest BCUT2D eigenvalue weighted by atomic mass is 10.0. The monoisotopic (exact) mass is 274 g/mol. The zero-order valence-corrected chi connectivity index (χ0v) is 11.6. The van der Waals surface area contributed by atoms with E-state index in [0.717, 1.165) is 24.8 Å². The van der Waals surface area contributed by atoms with Crippen LogP contribution in [-0.4, -0.2) is 29.8 Å². The SMILES string of the molecule is O=C(N[C@H](CO)Cc1ccccc1)N[C@H]1C=CCCC1. The van der Waals surface area contributed by atoms with Gasteiger partial charge in [-0.3, -0.25) is 0 Å². The quantitative estimate of drug-likeness (QED) is 0.719. The maximum Gasteiger partial charge on any atom is 0.315 e. The molecule has 0 saturated carbocycles. The minimum atomic E-state index is -0.259. The summed E-state index contributed by atoms with van der Waals surface area (Å²) in [5.41, 5.74) is 1.10. The lowest BCUT2D eigenvalue weighted by Gasteiger charge is -2.21. The molecule has 0 radical (unpaired) electrons. The van der Waals surface area contributed by atoms with Gasteiger partial charge in [0.2, 0.25) is 0 Å². The molecule has 0 spiro atoms. The summed E-state index contributed by atoms with van der Waals surface area (Å²) < 4.78 is 0. The molecule has 3 N–H and O–H groups in total. The molecule has 0 aliphatic heterocycles. The maximum absolute atomic E-state index is 11.9. The fourth-order valence-electron chi connectivity index (χ4n) is 2.39. The maximum atomic E-state index is 11.9. The van der Waals surface area contributed by atoms with Crippen LogP contribution < -0.4 is 10.6 Å². The molecule has 1 aromatic rings. The summed E-state index contributed by atoms with van der Waals surface area (Å²) in [6, 6.07) is 9.49. The van der Waals surface area contributed by atoms with Gasteiger partial charge in [0, 0.05) is 6.04 Å². The van der Waals surface area contributed by atoms with Gasteiger partial charge in [-0.15, -0.1) is 0 Å². The second-order valence-electron chi connectivity index (χ2n) is 5.15. The Morgan fingerprint density at radius 3 is 2.80 bits per heavy atom. The van der Waals surface area contributed by atoms with Crippen molar-refractivity contribution in [1.82, 2.24) is 10.6 Å². The summed E-state index contributed by atoms with van der Waals surface area (Å²) >= 11 is 0. The third-order valence-corrected chi connectivity index (χ3v) is 3.45. The van der Waals surface area contributed by atoms with E-state index in [2.05, 4.69) is 16.7 Å². The molecule has 1 aliphatic rings. The van der Waals surface area contributed by atoms with E-state index in [0.29, 0.717) is 6.42 Å². The van der Waals surface area contributed by atoms with E-state index in [1.165, 1.54) is 0 Å². The third-order valence-electron chi connectivity index (χ3n) is 3.45. The van der Waals surface area contributed by atoms with E-state index in [4.69, 9.17) is 0 Å². The van der Waals surface area contributed by atoms with Gasteiger partial charge in [0.25, 0.3) is 0 Å². The Hall–Kier alpha value is -1.81. The van der Waals surface area contributed by atoms with Crippen LogP contribution in [-0.2, 0) is 6.42 Å². The molecular formula is C16H22N2O2. The number of aliphatic hydroxyl groups excluding tert-OH is 1. The zero-order chi connectivity index (χ0) is 14.2. The molecule has 0 unspecified atom stereocenters. The molecule has 0 bridgehead atoms. The lowest BCUT2D eigenvalue weighted by Crippen LogP contribution is -2.48. The van der Waals surface area contributed by atoms with Gasteiger partial charge < -0.3 is 15.7 Å². The van der Waals surface area contributed by atoms with Crippen molar-refractivity contribution in [3.63, 3.8) is 0 Å². The Morgan fingerprint density at radius 1 is 1.35 bits per heavy atom. The van der Waals surface area contributed by atoms with Gasteiger partial charge in [-0.25, -0.2) is 4.79 Å². The molecule has 2 amide bonds. The molecule has 0 saturated heterocycles. The first-order valence-electron chi connectivity index (χ1n) is 7.16. The number of nitrogens with one attached hydrogen (secondary N) is 2. The first kappa shape index (κ1) is 14.6. The molecule has 4 nitrogen and oxygen atoms in total. The lowest BCUT2D eigenvalue weighted by molar-refractivity contribution is 0.214. The molecule has 20 heavy (non-hydrogen) atoms. The van der Waals surface area contributed by atoms with Crippen molar-refractivity contribution in [1.29, 1.82) is 0 Å². The number of urea groups is 1. The molecule has 0 aromatic heterocycles. The molecule has 1 aliphatic carbocycles. The molecular weight excluding hydrogens is 252 g/mol. The number of aliphatic hydroxyl groups is 1. The highest BCUT2D eigenvalue weighted by Crippen LogP contribution is 2.10. The Balaban J connectivity index is 1.81. The minimum Gasteiger partial charge on any atom is -0.394 e. The summed E-state index contributed by atoms with van der Waals surface area (Å²) in [4.78, 5) is 11.9. The van der Waals surface area contributed by atoms with Crippen LogP contribution in [0.2, 0.25) is 0 Å². The van der Waals surface area contributed by atoms with Crippen LogP contribution in [0.4, 0.5) is 4.79 Å². The van der Waals surface area contributed by atoms with Crippen molar-refractivity contribution in [3.05, 3.63) is 48.0 Å². The highest BCUT2D eigenvalue weighted by molar-refractivity contribution is 5.74. The smallest absolute Gasteiger partial charge is 0.315 e. The van der Waals surface area contributed by atoms with Crippen LogP contribution in [0.25, 0.3) is 0 Å². The molecule has 1 aromatic carbocycles. The number of amides is 2. The zero-order valence-electron chi connectivity index (χ0n) is 11.6. The predicted molar refractivity (Wildman–Crippen MR) is 79.5 cm³/mol. The summed E-state index contributed by atoms with van der Waals surface area (Å²) in [6.45, 7) is -0.0666. The van der Waals surface area contributed by atoms with Crippen LogP contribution in [0.15, 0.2) is 42.5 Å². The van der Waals surface area contributed by atoms with Crippen LogP contribution in [0.1, 0.15) is 24.8 Å². The summed E-state index contributed by atoms with van der Waals surface area (Å²) in [6.07, 6.45) is 7.94. The largest absolute Gasteiger partial charge is 0.394 e. The average Bonchev–Trinajstić information content (AvgIpc) is 2.48. The summed E-state index contributed by atoms with van der Waals surface area (Å²) in [5, 5.41) is 15.1. The molecule has 4 heteroatoms. The van der Waals surface area contributed by atoms with Gasteiger partial charge in [-0.2, -0.15) is 0 Å². The van der Waals surface area contributed by atoms with Crippen LogP contribution in [0, 0.1) is 0 Å². The van der Waals surface area contributed by atoms with E-state index in [1.54, 1.807) is 0 Å². The number of carbonyl (C=O) groups is 1. The second-order valence-corrected chi connectivity index (χ2v) is 5.15. The van der Waals surface area contributed by atoms with Gasteiger partial charge in [0.15, 0.2) is 0 Å². The van der Waals surface area contributed by atoms with Crippen LogP contribution in [0.5, 0.6) is 0 Å². The molecule has 108 valence electrons. The van der Waals surface area contributed by atoms with Gasteiger partial charge in [-0.05, 0) is 31.2 Å². The average molecular weight is 274 g/mol. The number of hydrogen-bond acceptors (Lipinski definition) is 2. The molecule has 0 fully saturated rings.